The molecular weight excluding hydrogens is 458 g/mol. The number of benzene rings is 1. The minimum Gasteiger partial charge on any atom is -0.342 e. The van der Waals surface area contributed by atoms with Crippen LogP contribution < -0.4 is 5.56 Å². The van der Waals surface area contributed by atoms with Gasteiger partial charge in [0.05, 0.1) is 17.0 Å². The van der Waals surface area contributed by atoms with E-state index in [-0.39, 0.29) is 17.2 Å². The summed E-state index contributed by atoms with van der Waals surface area (Å²) in [7, 11) is 0. The number of carbonyl (C=O) groups is 1. The normalized spacial score (nSPS) is 11.1. The lowest BCUT2D eigenvalue weighted by molar-refractivity contribution is -0.128. The van der Waals surface area contributed by atoms with E-state index in [0.29, 0.717) is 15.4 Å². The number of nitrogens with zero attached hydrogens (tertiary/aromatic N) is 3. The van der Waals surface area contributed by atoms with Crippen LogP contribution in [-0.2, 0) is 4.79 Å². The molecule has 0 fully saturated rings. The molecule has 0 unspecified atom stereocenters. The molecule has 8 heteroatoms. The summed E-state index contributed by atoms with van der Waals surface area (Å²) < 4.78 is 3.17. The molecule has 2 aromatic heterocycles. The number of thioether (sulfide) groups is 1. The summed E-state index contributed by atoms with van der Waals surface area (Å²) in [6.45, 7) is 5.65. The first-order chi connectivity index (χ1) is 13.5. The lowest BCUT2D eigenvalue weighted by atomic mass is 10.3. The Kier molecular flexibility index (Phi) is 7.31. The number of hydrogen-bond acceptors (Lipinski definition) is 5. The summed E-state index contributed by atoms with van der Waals surface area (Å²) in [5, 5.41) is 2.41. The summed E-state index contributed by atoms with van der Waals surface area (Å²) in [5.41, 5.74) is 1.32. The minimum atomic E-state index is -0.101. The zero-order chi connectivity index (χ0) is 20.1. The van der Waals surface area contributed by atoms with Gasteiger partial charge in [-0.15, -0.1) is 11.3 Å². The summed E-state index contributed by atoms with van der Waals surface area (Å²) >= 11 is 6.14. The molecule has 0 bridgehead atoms. The van der Waals surface area contributed by atoms with Crippen molar-refractivity contribution in [1.29, 1.82) is 0 Å². The van der Waals surface area contributed by atoms with E-state index in [9.17, 15) is 9.59 Å². The third-order valence-corrected chi connectivity index (χ3v) is 6.54. The van der Waals surface area contributed by atoms with Gasteiger partial charge in [-0.2, -0.15) is 0 Å². The Morgan fingerprint density at radius 2 is 1.86 bits per heavy atom. The van der Waals surface area contributed by atoms with Crippen molar-refractivity contribution in [1.82, 2.24) is 14.5 Å². The smallest absolute Gasteiger partial charge is 0.276 e. The molecule has 0 radical (unpaired) electrons. The standard InChI is InChI=1S/C20H22BrN3O2S2/c1-3-10-23(11-4-2)17(25)13-28-20-22-16-9-12-27-18(16)19(26)24(20)15-7-5-14(21)6-8-15/h5-9,12H,3-4,10-11,13H2,1-2H3. The van der Waals surface area contributed by atoms with E-state index < -0.39 is 0 Å². The van der Waals surface area contributed by atoms with Gasteiger partial charge in [-0.3, -0.25) is 14.2 Å². The number of hydrogen-bond donors (Lipinski definition) is 0. The minimum absolute atomic E-state index is 0.0794. The summed E-state index contributed by atoms with van der Waals surface area (Å²) in [6.07, 6.45) is 1.86. The summed E-state index contributed by atoms with van der Waals surface area (Å²) in [4.78, 5) is 32.3. The van der Waals surface area contributed by atoms with Crippen LogP contribution in [0.1, 0.15) is 26.7 Å². The fourth-order valence-corrected chi connectivity index (χ4v) is 4.86. The van der Waals surface area contributed by atoms with Crippen LogP contribution in [0.2, 0.25) is 0 Å². The van der Waals surface area contributed by atoms with Gasteiger partial charge in [0.25, 0.3) is 5.56 Å². The number of halogens is 1. The van der Waals surface area contributed by atoms with E-state index in [1.807, 2.05) is 40.6 Å². The quantitative estimate of drug-likeness (QED) is 0.338. The molecule has 0 N–H and O–H groups in total. The number of rotatable bonds is 8. The van der Waals surface area contributed by atoms with E-state index in [1.165, 1.54) is 23.1 Å². The summed E-state index contributed by atoms with van der Waals surface area (Å²) in [5.74, 6) is 0.342. The molecule has 5 nitrogen and oxygen atoms in total. The Morgan fingerprint density at radius 1 is 1.18 bits per heavy atom. The van der Waals surface area contributed by atoms with Gasteiger partial charge < -0.3 is 4.90 Å². The Hall–Kier alpha value is -1.64. The lowest BCUT2D eigenvalue weighted by Crippen LogP contribution is -2.34. The molecule has 28 heavy (non-hydrogen) atoms. The second kappa shape index (κ2) is 9.71. The van der Waals surface area contributed by atoms with Gasteiger partial charge in [0.1, 0.15) is 4.70 Å². The van der Waals surface area contributed by atoms with Gasteiger partial charge >= 0.3 is 0 Å². The molecule has 3 rings (SSSR count). The maximum atomic E-state index is 13.1. The maximum absolute atomic E-state index is 13.1. The van der Waals surface area contributed by atoms with Gasteiger partial charge in [0.2, 0.25) is 5.91 Å². The van der Waals surface area contributed by atoms with Crippen molar-refractivity contribution in [2.24, 2.45) is 0 Å². The van der Waals surface area contributed by atoms with E-state index >= 15 is 0 Å². The van der Waals surface area contributed by atoms with Crippen LogP contribution in [0, 0.1) is 0 Å². The average molecular weight is 480 g/mol. The molecule has 0 saturated carbocycles. The van der Waals surface area contributed by atoms with E-state index in [2.05, 4.69) is 34.8 Å². The number of aromatic nitrogens is 2. The molecule has 0 aliphatic rings. The highest BCUT2D eigenvalue weighted by Gasteiger charge is 2.18. The van der Waals surface area contributed by atoms with E-state index in [4.69, 9.17) is 0 Å². The van der Waals surface area contributed by atoms with Crippen LogP contribution in [0.3, 0.4) is 0 Å². The van der Waals surface area contributed by atoms with Gasteiger partial charge in [0, 0.05) is 17.6 Å². The molecular formula is C20H22BrN3O2S2. The first-order valence-corrected chi connectivity index (χ1v) is 11.9. The molecule has 1 aromatic carbocycles. The predicted molar refractivity (Wildman–Crippen MR) is 121 cm³/mol. The maximum Gasteiger partial charge on any atom is 0.276 e. The zero-order valence-electron chi connectivity index (χ0n) is 15.9. The van der Waals surface area contributed by atoms with Crippen molar-refractivity contribution in [3.05, 3.63) is 50.5 Å². The van der Waals surface area contributed by atoms with Crippen LogP contribution >= 0.6 is 39.0 Å². The molecule has 1 amide bonds. The first kappa shape index (κ1) is 21.1. The third-order valence-electron chi connectivity index (χ3n) is 4.20. The predicted octanol–water partition coefficient (Wildman–Crippen LogP) is 4.95. The van der Waals surface area contributed by atoms with Crippen molar-refractivity contribution < 1.29 is 4.79 Å². The molecule has 0 aliphatic carbocycles. The molecule has 3 aromatic rings. The fourth-order valence-electron chi connectivity index (χ4n) is 2.93. The van der Waals surface area contributed by atoms with Gasteiger partial charge in [-0.25, -0.2) is 4.98 Å². The van der Waals surface area contributed by atoms with Crippen molar-refractivity contribution in [2.75, 3.05) is 18.8 Å². The fraction of sp³-hybridized carbons (Fsp3) is 0.350. The highest BCUT2D eigenvalue weighted by atomic mass is 79.9. The second-order valence-electron chi connectivity index (χ2n) is 6.32. The van der Waals surface area contributed by atoms with Crippen molar-refractivity contribution in [3.8, 4) is 5.69 Å². The van der Waals surface area contributed by atoms with Crippen LogP contribution in [-0.4, -0.2) is 39.2 Å². The van der Waals surface area contributed by atoms with Crippen molar-refractivity contribution in [2.45, 2.75) is 31.8 Å². The first-order valence-electron chi connectivity index (χ1n) is 9.22. The molecule has 0 aliphatic heterocycles. The Bertz CT molecular complexity index is 1010. The van der Waals surface area contributed by atoms with Crippen LogP contribution in [0.15, 0.2) is 50.1 Å². The Balaban J connectivity index is 1.95. The summed E-state index contributed by atoms with van der Waals surface area (Å²) in [6, 6.07) is 9.38. The number of thiophene rings is 1. The molecule has 2 heterocycles. The van der Waals surface area contributed by atoms with Crippen LogP contribution in [0.25, 0.3) is 15.9 Å². The number of amides is 1. The van der Waals surface area contributed by atoms with Gasteiger partial charge in [0.15, 0.2) is 5.16 Å². The van der Waals surface area contributed by atoms with Crippen LogP contribution in [0.4, 0.5) is 0 Å². The van der Waals surface area contributed by atoms with E-state index in [0.717, 1.165) is 36.1 Å². The molecule has 148 valence electrons. The van der Waals surface area contributed by atoms with Gasteiger partial charge in [-0.05, 0) is 48.6 Å². The van der Waals surface area contributed by atoms with Crippen molar-refractivity contribution >= 4 is 55.2 Å². The Labute approximate surface area is 180 Å². The molecule has 0 atom stereocenters. The number of fused-ring (bicyclic) bond motifs is 1. The number of carbonyl (C=O) groups excluding carboxylic acids is 1. The Morgan fingerprint density at radius 3 is 2.50 bits per heavy atom. The SMILES string of the molecule is CCCN(CCC)C(=O)CSc1nc2ccsc2c(=O)n1-c1ccc(Br)cc1. The lowest BCUT2D eigenvalue weighted by Gasteiger charge is -2.21. The monoisotopic (exact) mass is 479 g/mol. The second-order valence-corrected chi connectivity index (χ2v) is 9.09. The van der Waals surface area contributed by atoms with Crippen LogP contribution in [0.5, 0.6) is 0 Å². The average Bonchev–Trinajstić information content (AvgIpc) is 3.16. The molecule has 0 spiro atoms. The zero-order valence-corrected chi connectivity index (χ0v) is 19.1. The largest absolute Gasteiger partial charge is 0.342 e. The van der Waals surface area contributed by atoms with Gasteiger partial charge in [-0.1, -0.05) is 41.5 Å². The topological polar surface area (TPSA) is 55.2 Å². The highest BCUT2D eigenvalue weighted by Crippen LogP contribution is 2.24. The highest BCUT2D eigenvalue weighted by molar-refractivity contribution is 9.10. The molecule has 0 saturated heterocycles. The van der Waals surface area contributed by atoms with E-state index in [1.54, 1.807) is 4.57 Å². The third kappa shape index (κ3) is 4.67. The van der Waals surface area contributed by atoms with Crippen molar-refractivity contribution in [3.63, 3.8) is 0 Å².